The van der Waals surface area contributed by atoms with Crippen molar-refractivity contribution in [3.8, 4) is 17.1 Å². The third-order valence-electron chi connectivity index (χ3n) is 3.64. The smallest absolute Gasteiger partial charge is 0.154 e. The molecule has 4 rings (SSSR count). The summed E-state index contributed by atoms with van der Waals surface area (Å²) in [5, 5.41) is 20.0. The van der Waals surface area contributed by atoms with Crippen LogP contribution in [0.4, 0.5) is 0 Å². The summed E-state index contributed by atoms with van der Waals surface area (Å²) in [7, 11) is 0. The van der Waals surface area contributed by atoms with Gasteiger partial charge in [-0.1, -0.05) is 41.6 Å². The lowest BCUT2D eigenvalue weighted by Crippen LogP contribution is -2.00. The summed E-state index contributed by atoms with van der Waals surface area (Å²) < 4.78 is 7.20. The van der Waals surface area contributed by atoms with Crippen molar-refractivity contribution >= 4 is 10.8 Å². The third-order valence-corrected chi connectivity index (χ3v) is 3.64. The Morgan fingerprint density at radius 1 is 1.00 bits per heavy atom. The first-order valence-corrected chi connectivity index (χ1v) is 6.96. The fourth-order valence-corrected chi connectivity index (χ4v) is 2.64. The van der Waals surface area contributed by atoms with Gasteiger partial charge in [-0.3, -0.25) is 0 Å². The second kappa shape index (κ2) is 5.13. The van der Waals surface area contributed by atoms with E-state index in [1.54, 1.807) is 17.0 Å². The van der Waals surface area contributed by atoms with E-state index in [1.807, 2.05) is 36.4 Å². The normalized spacial score (nSPS) is 11.1. The summed E-state index contributed by atoms with van der Waals surface area (Å²) in [6, 6.07) is 17.7. The van der Waals surface area contributed by atoms with Crippen molar-refractivity contribution in [3.05, 3.63) is 66.6 Å². The number of fused-ring (bicyclic) bond motifs is 1. The van der Waals surface area contributed by atoms with Gasteiger partial charge < -0.3 is 9.52 Å². The summed E-state index contributed by atoms with van der Waals surface area (Å²) in [5.74, 6) is 0.627. The average molecular weight is 291 g/mol. The summed E-state index contributed by atoms with van der Waals surface area (Å²) in [6.07, 6.45) is 1.59. The Morgan fingerprint density at radius 3 is 2.68 bits per heavy atom. The molecule has 0 atom stereocenters. The second-order valence-corrected chi connectivity index (χ2v) is 4.93. The van der Waals surface area contributed by atoms with Crippen molar-refractivity contribution in [2.45, 2.75) is 6.61 Å². The Kier molecular flexibility index (Phi) is 2.98. The number of hydrogen-bond acceptors (Lipinski definition) is 4. The van der Waals surface area contributed by atoms with E-state index < -0.39 is 0 Å². The van der Waals surface area contributed by atoms with Crippen molar-refractivity contribution in [2.24, 2.45) is 0 Å². The van der Waals surface area contributed by atoms with Crippen molar-refractivity contribution < 1.29 is 9.52 Å². The molecule has 1 N–H and O–H groups in total. The fraction of sp³-hybridized carbons (Fsp3) is 0.0588. The lowest BCUT2D eigenvalue weighted by atomic mass is 10.1. The number of nitrogens with zero attached hydrogens (tertiary/aromatic N) is 3. The minimum atomic E-state index is -0.194. The molecular weight excluding hydrogens is 278 g/mol. The van der Waals surface area contributed by atoms with Gasteiger partial charge in [0.25, 0.3) is 0 Å². The van der Waals surface area contributed by atoms with E-state index in [9.17, 15) is 5.11 Å². The van der Waals surface area contributed by atoms with Crippen LogP contribution < -0.4 is 0 Å². The third kappa shape index (κ3) is 1.91. The molecule has 0 unspecified atom stereocenters. The van der Waals surface area contributed by atoms with Gasteiger partial charge in [-0.2, -0.15) is 0 Å². The van der Waals surface area contributed by atoms with Gasteiger partial charge in [0.15, 0.2) is 5.76 Å². The van der Waals surface area contributed by atoms with Gasteiger partial charge in [0.05, 0.1) is 18.6 Å². The average Bonchev–Trinajstić information content (AvgIpc) is 3.23. The highest BCUT2D eigenvalue weighted by atomic mass is 16.3. The molecule has 0 saturated carbocycles. The van der Waals surface area contributed by atoms with Crippen molar-refractivity contribution in [2.75, 3.05) is 0 Å². The van der Waals surface area contributed by atoms with Crippen LogP contribution in [0.25, 0.3) is 27.9 Å². The molecule has 0 saturated heterocycles. The summed E-state index contributed by atoms with van der Waals surface area (Å²) in [4.78, 5) is 0. The van der Waals surface area contributed by atoms with Crippen LogP contribution >= 0.6 is 0 Å². The van der Waals surface area contributed by atoms with Gasteiger partial charge >= 0.3 is 0 Å². The molecule has 0 bridgehead atoms. The number of aromatic nitrogens is 3. The first-order chi connectivity index (χ1) is 10.9. The zero-order valence-corrected chi connectivity index (χ0v) is 11.7. The first kappa shape index (κ1) is 12.8. The van der Waals surface area contributed by atoms with Gasteiger partial charge in [0, 0.05) is 5.39 Å². The summed E-state index contributed by atoms with van der Waals surface area (Å²) in [6.45, 7) is -0.194. The molecule has 2 aromatic carbocycles. The molecule has 0 amide bonds. The molecule has 0 aliphatic carbocycles. The van der Waals surface area contributed by atoms with Crippen LogP contribution in [0.3, 0.4) is 0 Å². The predicted molar refractivity (Wildman–Crippen MR) is 82.5 cm³/mol. The molecule has 108 valence electrons. The van der Waals surface area contributed by atoms with Gasteiger partial charge in [-0.15, -0.1) is 5.10 Å². The van der Waals surface area contributed by atoms with Crippen LogP contribution in [0, 0.1) is 0 Å². The molecule has 2 heterocycles. The number of benzene rings is 2. The van der Waals surface area contributed by atoms with E-state index >= 15 is 0 Å². The maximum atomic E-state index is 9.53. The molecule has 22 heavy (non-hydrogen) atoms. The zero-order chi connectivity index (χ0) is 14.9. The van der Waals surface area contributed by atoms with Crippen LogP contribution in [0.2, 0.25) is 0 Å². The maximum Gasteiger partial charge on any atom is 0.154 e. The van der Waals surface area contributed by atoms with Crippen LogP contribution in [-0.4, -0.2) is 20.1 Å². The Morgan fingerprint density at radius 2 is 1.86 bits per heavy atom. The zero-order valence-electron chi connectivity index (χ0n) is 11.7. The van der Waals surface area contributed by atoms with Crippen LogP contribution in [0.15, 0.2) is 65.3 Å². The summed E-state index contributed by atoms with van der Waals surface area (Å²) >= 11 is 0. The molecule has 0 aliphatic rings. The van der Waals surface area contributed by atoms with E-state index in [1.165, 1.54) is 0 Å². The highest BCUT2D eigenvalue weighted by Crippen LogP contribution is 2.29. The number of aliphatic hydroxyl groups excluding tert-OH is 1. The number of furan rings is 1. The molecule has 0 fully saturated rings. The highest BCUT2D eigenvalue weighted by Gasteiger charge is 2.18. The molecule has 2 aromatic heterocycles. The molecule has 0 aliphatic heterocycles. The minimum absolute atomic E-state index is 0.194. The Hall–Kier alpha value is -2.92. The second-order valence-electron chi connectivity index (χ2n) is 4.93. The summed E-state index contributed by atoms with van der Waals surface area (Å²) in [5.41, 5.74) is 2.06. The van der Waals surface area contributed by atoms with Crippen molar-refractivity contribution in [3.63, 3.8) is 0 Å². The molecular formula is C17H13N3O2. The van der Waals surface area contributed by atoms with E-state index in [2.05, 4.69) is 22.4 Å². The molecule has 4 aromatic rings. The van der Waals surface area contributed by atoms with Crippen molar-refractivity contribution in [1.29, 1.82) is 0 Å². The molecule has 5 heteroatoms. The lowest BCUT2D eigenvalue weighted by Gasteiger charge is -2.09. The standard InChI is InChI=1S/C17H13N3O2/c21-11-14-17(16-9-4-10-22-16)20(19-18-14)15-8-3-6-12-5-1-2-7-13(12)15/h1-10,21H,11H2. The van der Waals surface area contributed by atoms with E-state index in [-0.39, 0.29) is 6.61 Å². The predicted octanol–water partition coefficient (Wildman–Crippen LogP) is 3.17. The first-order valence-electron chi connectivity index (χ1n) is 6.96. The maximum absolute atomic E-state index is 9.53. The van der Waals surface area contributed by atoms with Crippen LogP contribution in [0.5, 0.6) is 0 Å². The van der Waals surface area contributed by atoms with Crippen LogP contribution in [0.1, 0.15) is 5.69 Å². The molecule has 0 radical (unpaired) electrons. The van der Waals surface area contributed by atoms with E-state index in [4.69, 9.17) is 4.42 Å². The number of rotatable bonds is 3. The Balaban J connectivity index is 2.02. The minimum Gasteiger partial charge on any atom is -0.463 e. The fourth-order valence-electron chi connectivity index (χ4n) is 2.64. The quantitative estimate of drug-likeness (QED) is 0.629. The van der Waals surface area contributed by atoms with E-state index in [0.29, 0.717) is 17.1 Å². The largest absolute Gasteiger partial charge is 0.463 e. The van der Waals surface area contributed by atoms with Crippen LogP contribution in [-0.2, 0) is 6.61 Å². The Bertz CT molecular complexity index is 921. The van der Waals surface area contributed by atoms with Gasteiger partial charge in [0.2, 0.25) is 0 Å². The van der Waals surface area contributed by atoms with Gasteiger partial charge in [-0.05, 0) is 23.6 Å². The number of hydrogen-bond donors (Lipinski definition) is 1. The van der Waals surface area contributed by atoms with E-state index in [0.717, 1.165) is 16.5 Å². The highest BCUT2D eigenvalue weighted by molar-refractivity contribution is 5.90. The monoisotopic (exact) mass is 291 g/mol. The van der Waals surface area contributed by atoms with Gasteiger partial charge in [-0.25, -0.2) is 4.68 Å². The SMILES string of the molecule is OCc1nnn(-c2cccc3ccccc23)c1-c1ccco1. The lowest BCUT2D eigenvalue weighted by molar-refractivity contribution is 0.277. The van der Waals surface area contributed by atoms with Crippen molar-refractivity contribution in [1.82, 2.24) is 15.0 Å². The Labute approximate surface area is 126 Å². The molecule has 5 nitrogen and oxygen atoms in total. The number of aliphatic hydroxyl groups is 1. The topological polar surface area (TPSA) is 64.1 Å². The molecule has 0 spiro atoms. The van der Waals surface area contributed by atoms with Gasteiger partial charge in [0.1, 0.15) is 11.4 Å².